The lowest BCUT2D eigenvalue weighted by atomic mass is 9.87. The molecule has 4 heterocycles. The minimum atomic E-state index is -0.837. The highest BCUT2D eigenvalue weighted by Crippen LogP contribution is 2.54. The number of carbonyl (C=O) groups excluding carboxylic acids is 5. The van der Waals surface area contributed by atoms with Crippen LogP contribution in [0.2, 0.25) is 0 Å². The summed E-state index contributed by atoms with van der Waals surface area (Å²) in [5, 5.41) is 4.26. The molecule has 236 valence electrons. The lowest BCUT2D eigenvalue weighted by molar-refractivity contribution is -0.122. The van der Waals surface area contributed by atoms with Crippen molar-refractivity contribution in [2.24, 2.45) is 5.92 Å². The van der Waals surface area contributed by atoms with Crippen molar-refractivity contribution in [3.63, 3.8) is 0 Å². The van der Waals surface area contributed by atoms with E-state index in [1.165, 1.54) is 40.2 Å². The van der Waals surface area contributed by atoms with Crippen molar-refractivity contribution in [2.75, 3.05) is 23.4 Å². The summed E-state index contributed by atoms with van der Waals surface area (Å²) in [7, 11) is 0. The Morgan fingerprint density at radius 3 is 2.07 bits per heavy atom. The van der Waals surface area contributed by atoms with E-state index in [0.717, 1.165) is 32.9 Å². The molecule has 4 aromatic rings. The normalized spacial score (nSPS) is 18.6. The van der Waals surface area contributed by atoms with Crippen LogP contribution < -0.4 is 15.1 Å². The molecule has 3 atom stereocenters. The van der Waals surface area contributed by atoms with Crippen molar-refractivity contribution < 1.29 is 33.4 Å². The molecule has 11 nitrogen and oxygen atoms in total. The van der Waals surface area contributed by atoms with Crippen molar-refractivity contribution in [1.82, 2.24) is 4.57 Å². The lowest BCUT2D eigenvalue weighted by Crippen LogP contribution is -2.32. The van der Waals surface area contributed by atoms with E-state index < -0.39 is 46.7 Å². The standard InChI is InChI=1S/C32H27N3O8S3/c1-3-42-30(39)17-7-11-19(12-8-17)33-22(36)16-34-29-26(46-32(34)41)23(21-6-5-15-44-21)24-25(45-29)28(38)35(27(24)37)20-13-9-18(10-14-20)31(40)43-4-2/h5-15,23-25H,3-4,16H2,1-2H3,(H,33,36)/t23-,24+,25-/m0/s1. The van der Waals surface area contributed by atoms with Gasteiger partial charge in [-0.1, -0.05) is 29.2 Å². The van der Waals surface area contributed by atoms with E-state index in [2.05, 4.69) is 5.32 Å². The summed E-state index contributed by atoms with van der Waals surface area (Å²) in [6, 6.07) is 16.0. The van der Waals surface area contributed by atoms with E-state index >= 15 is 0 Å². The summed E-state index contributed by atoms with van der Waals surface area (Å²) in [5.74, 6) is -3.61. The first-order valence-corrected chi connectivity index (χ1v) is 16.9. The number of amides is 3. The first-order chi connectivity index (χ1) is 22.2. The maximum atomic E-state index is 14.0. The minimum absolute atomic E-state index is 0.218. The minimum Gasteiger partial charge on any atom is -0.462 e. The van der Waals surface area contributed by atoms with Crippen molar-refractivity contribution in [3.05, 3.63) is 96.6 Å². The third kappa shape index (κ3) is 5.79. The summed E-state index contributed by atoms with van der Waals surface area (Å²) in [5.41, 5.74) is 1.40. The number of hydrogen-bond donors (Lipinski definition) is 1. The predicted molar refractivity (Wildman–Crippen MR) is 174 cm³/mol. The molecule has 2 aromatic carbocycles. The van der Waals surface area contributed by atoms with Gasteiger partial charge in [-0.25, -0.2) is 14.5 Å². The second kappa shape index (κ2) is 13.1. The Morgan fingerprint density at radius 1 is 0.848 bits per heavy atom. The van der Waals surface area contributed by atoms with E-state index in [4.69, 9.17) is 9.47 Å². The molecule has 0 radical (unpaired) electrons. The molecule has 3 amide bonds. The van der Waals surface area contributed by atoms with Gasteiger partial charge in [0.05, 0.1) is 41.0 Å². The molecular weight excluding hydrogens is 651 g/mol. The quantitative estimate of drug-likeness (QED) is 0.196. The summed E-state index contributed by atoms with van der Waals surface area (Å²) in [4.78, 5) is 80.6. The molecule has 6 rings (SSSR count). The maximum absolute atomic E-state index is 14.0. The number of thiazole rings is 1. The molecule has 2 aliphatic rings. The number of anilines is 2. The van der Waals surface area contributed by atoms with Gasteiger partial charge in [-0.2, -0.15) is 0 Å². The number of aromatic nitrogens is 1. The lowest BCUT2D eigenvalue weighted by Gasteiger charge is -2.29. The second-order valence-corrected chi connectivity index (χ2v) is 13.4. The van der Waals surface area contributed by atoms with E-state index in [0.29, 0.717) is 32.4 Å². The molecule has 14 heteroatoms. The molecule has 2 aliphatic heterocycles. The summed E-state index contributed by atoms with van der Waals surface area (Å²) in [6.07, 6.45) is 0. The van der Waals surface area contributed by atoms with Crippen LogP contribution in [-0.2, 0) is 30.4 Å². The number of esters is 2. The van der Waals surface area contributed by atoms with Gasteiger partial charge in [-0.15, -0.1) is 11.3 Å². The van der Waals surface area contributed by atoms with Crippen molar-refractivity contribution in [3.8, 4) is 0 Å². The van der Waals surface area contributed by atoms with Gasteiger partial charge in [-0.05, 0) is 73.8 Å². The van der Waals surface area contributed by atoms with Gasteiger partial charge < -0.3 is 14.8 Å². The number of nitrogens with one attached hydrogen (secondary N) is 1. The summed E-state index contributed by atoms with van der Waals surface area (Å²) < 4.78 is 11.4. The summed E-state index contributed by atoms with van der Waals surface area (Å²) >= 11 is 3.52. The predicted octanol–water partition coefficient (Wildman–Crippen LogP) is 4.76. The highest BCUT2D eigenvalue weighted by molar-refractivity contribution is 8.00. The second-order valence-electron chi connectivity index (χ2n) is 10.3. The van der Waals surface area contributed by atoms with Crippen LogP contribution >= 0.6 is 34.4 Å². The molecule has 1 fully saturated rings. The first-order valence-electron chi connectivity index (χ1n) is 14.4. The van der Waals surface area contributed by atoms with E-state index in [9.17, 15) is 28.8 Å². The molecule has 0 aliphatic carbocycles. The molecule has 1 N–H and O–H groups in total. The Kier molecular flexibility index (Phi) is 8.93. The van der Waals surface area contributed by atoms with Crippen LogP contribution in [-0.4, -0.2) is 52.7 Å². The number of benzene rings is 2. The van der Waals surface area contributed by atoms with E-state index in [1.807, 2.05) is 17.5 Å². The molecule has 0 bridgehead atoms. The smallest absolute Gasteiger partial charge is 0.338 e. The maximum Gasteiger partial charge on any atom is 0.338 e. The van der Waals surface area contributed by atoms with Gasteiger partial charge in [0.1, 0.15) is 11.8 Å². The molecule has 2 aromatic heterocycles. The van der Waals surface area contributed by atoms with Gasteiger partial charge in [0.25, 0.3) is 0 Å². The number of rotatable bonds is 9. The Morgan fingerprint density at radius 2 is 1.48 bits per heavy atom. The molecule has 46 heavy (non-hydrogen) atoms. The Balaban J connectivity index is 1.28. The van der Waals surface area contributed by atoms with Gasteiger partial charge in [0.2, 0.25) is 17.7 Å². The van der Waals surface area contributed by atoms with Gasteiger partial charge >= 0.3 is 16.8 Å². The molecule has 0 spiro atoms. The first kappa shape index (κ1) is 31.5. The third-order valence-electron chi connectivity index (χ3n) is 7.52. The Bertz CT molecular complexity index is 1880. The van der Waals surface area contributed by atoms with Crippen LogP contribution in [0.5, 0.6) is 0 Å². The van der Waals surface area contributed by atoms with Gasteiger partial charge in [0, 0.05) is 21.4 Å². The van der Waals surface area contributed by atoms with Crippen molar-refractivity contribution in [1.29, 1.82) is 0 Å². The van der Waals surface area contributed by atoms with Gasteiger partial charge in [-0.3, -0.25) is 23.7 Å². The van der Waals surface area contributed by atoms with Crippen LogP contribution in [0.4, 0.5) is 11.4 Å². The highest BCUT2D eigenvalue weighted by Gasteiger charge is 2.57. The number of fused-ring (bicyclic) bond motifs is 2. The topological polar surface area (TPSA) is 141 Å². The monoisotopic (exact) mass is 677 g/mol. The Labute approximate surface area is 275 Å². The largest absolute Gasteiger partial charge is 0.462 e. The zero-order chi connectivity index (χ0) is 32.5. The summed E-state index contributed by atoms with van der Waals surface area (Å²) in [6.45, 7) is 3.56. The fourth-order valence-electron chi connectivity index (χ4n) is 5.49. The molecule has 0 saturated carbocycles. The highest BCUT2D eigenvalue weighted by atomic mass is 32.2. The fraction of sp³-hybridized carbons (Fsp3) is 0.250. The average molecular weight is 678 g/mol. The SMILES string of the molecule is CCOC(=O)c1ccc(NC(=O)Cn2c3c(sc2=O)[C@@H](c2cccs2)[C@H]2C(=O)N(c4ccc(C(=O)OCC)cc4)C(=O)[C@H]2S3)cc1. The number of hydrogen-bond acceptors (Lipinski definition) is 11. The van der Waals surface area contributed by atoms with Crippen LogP contribution in [0.25, 0.3) is 0 Å². The van der Waals surface area contributed by atoms with Crippen LogP contribution in [0.3, 0.4) is 0 Å². The number of imide groups is 1. The number of thiophene rings is 1. The average Bonchev–Trinajstić information content (AvgIpc) is 3.75. The third-order valence-corrected chi connectivity index (χ3v) is 11.1. The zero-order valence-corrected chi connectivity index (χ0v) is 27.0. The Hall–Kier alpha value is -4.53. The van der Waals surface area contributed by atoms with Crippen LogP contribution in [0.1, 0.15) is 50.2 Å². The van der Waals surface area contributed by atoms with Crippen molar-refractivity contribution >= 4 is 75.5 Å². The number of ether oxygens (including phenoxy) is 2. The zero-order valence-electron chi connectivity index (χ0n) is 24.6. The van der Waals surface area contributed by atoms with Crippen molar-refractivity contribution in [2.45, 2.75) is 36.6 Å². The molecule has 0 unspecified atom stereocenters. The molecular formula is C32H27N3O8S3. The van der Waals surface area contributed by atoms with Crippen LogP contribution in [0.15, 0.2) is 75.9 Å². The molecule has 1 saturated heterocycles. The van der Waals surface area contributed by atoms with E-state index in [-0.39, 0.29) is 24.6 Å². The van der Waals surface area contributed by atoms with Gasteiger partial charge in [0.15, 0.2) is 0 Å². The number of carbonyl (C=O) groups is 5. The number of thioether (sulfide) groups is 1. The van der Waals surface area contributed by atoms with Crippen LogP contribution in [0, 0.1) is 5.92 Å². The number of nitrogens with zero attached hydrogens (tertiary/aromatic N) is 2. The van der Waals surface area contributed by atoms with E-state index in [1.54, 1.807) is 38.1 Å². The fourth-order valence-corrected chi connectivity index (χ4v) is 9.21.